The zero-order valence-electron chi connectivity index (χ0n) is 15.0. The van der Waals surface area contributed by atoms with E-state index in [9.17, 15) is 9.59 Å². The van der Waals surface area contributed by atoms with Gasteiger partial charge in [0.05, 0.1) is 18.4 Å². The Bertz CT molecular complexity index is 950. The van der Waals surface area contributed by atoms with Gasteiger partial charge >= 0.3 is 0 Å². The van der Waals surface area contributed by atoms with Gasteiger partial charge in [-0.3, -0.25) is 14.5 Å². The van der Waals surface area contributed by atoms with Crippen LogP contribution in [0.5, 0.6) is 5.75 Å². The van der Waals surface area contributed by atoms with Crippen molar-refractivity contribution in [2.24, 2.45) is 0 Å². The van der Waals surface area contributed by atoms with Gasteiger partial charge < -0.3 is 10.1 Å². The number of methoxy groups -OCH3 is 1. The Labute approximate surface area is 157 Å². The van der Waals surface area contributed by atoms with Crippen molar-refractivity contribution < 1.29 is 14.3 Å². The first-order valence-corrected chi connectivity index (χ1v) is 8.46. The van der Waals surface area contributed by atoms with Gasteiger partial charge in [0.25, 0.3) is 11.8 Å². The van der Waals surface area contributed by atoms with Crippen LogP contribution in [0, 0.1) is 13.8 Å². The topological polar surface area (TPSA) is 58.6 Å². The van der Waals surface area contributed by atoms with E-state index in [0.717, 1.165) is 21.6 Å². The van der Waals surface area contributed by atoms with E-state index in [0.29, 0.717) is 22.0 Å². The molecule has 1 aliphatic heterocycles. The van der Waals surface area contributed by atoms with Crippen molar-refractivity contribution in [1.29, 1.82) is 0 Å². The highest BCUT2D eigenvalue weighted by atomic mass is 35.5. The second kappa shape index (κ2) is 6.84. The second-order valence-electron chi connectivity index (χ2n) is 6.21. The van der Waals surface area contributed by atoms with Gasteiger partial charge in [0, 0.05) is 12.1 Å². The minimum Gasteiger partial charge on any atom is -0.495 e. The maximum absolute atomic E-state index is 12.7. The molecule has 6 heteroatoms. The van der Waals surface area contributed by atoms with Crippen LogP contribution in [0.1, 0.15) is 16.7 Å². The van der Waals surface area contributed by atoms with Crippen LogP contribution in [0.3, 0.4) is 0 Å². The third-order valence-corrected chi connectivity index (χ3v) is 4.59. The lowest BCUT2D eigenvalue weighted by Crippen LogP contribution is -2.28. The molecule has 0 saturated heterocycles. The average molecular weight is 371 g/mol. The van der Waals surface area contributed by atoms with Crippen LogP contribution in [0.15, 0.2) is 42.1 Å². The van der Waals surface area contributed by atoms with Crippen LogP contribution < -0.4 is 10.1 Å². The Morgan fingerprint density at radius 3 is 2.42 bits per heavy atom. The van der Waals surface area contributed by atoms with Crippen LogP contribution in [-0.2, 0) is 9.59 Å². The number of likely N-dealkylation sites (N-methyl/N-ethyl adjacent to an activating group) is 1. The van der Waals surface area contributed by atoms with E-state index in [4.69, 9.17) is 16.3 Å². The number of ether oxygens (including phenoxy) is 1. The fourth-order valence-corrected chi connectivity index (χ4v) is 3.19. The zero-order valence-corrected chi connectivity index (χ0v) is 15.8. The quantitative estimate of drug-likeness (QED) is 0.832. The summed E-state index contributed by atoms with van der Waals surface area (Å²) in [5, 5.41) is 3.55. The maximum Gasteiger partial charge on any atom is 0.277 e. The third-order valence-electron chi connectivity index (χ3n) is 4.36. The first-order chi connectivity index (χ1) is 12.3. The Morgan fingerprint density at radius 1 is 1.04 bits per heavy atom. The molecule has 3 rings (SSSR count). The average Bonchev–Trinajstić information content (AvgIpc) is 2.80. The summed E-state index contributed by atoms with van der Waals surface area (Å²) in [5.41, 5.74) is 3.81. The molecule has 0 spiro atoms. The number of hydrogen-bond acceptors (Lipinski definition) is 4. The van der Waals surface area contributed by atoms with E-state index >= 15 is 0 Å². The second-order valence-corrected chi connectivity index (χ2v) is 6.64. The molecule has 0 radical (unpaired) electrons. The molecular formula is C20H19ClN2O3. The first-order valence-electron chi connectivity index (χ1n) is 8.08. The van der Waals surface area contributed by atoms with Crippen molar-refractivity contribution in [3.05, 3.63) is 63.8 Å². The molecule has 0 saturated carbocycles. The molecule has 0 unspecified atom stereocenters. The molecule has 2 aromatic carbocycles. The summed E-state index contributed by atoms with van der Waals surface area (Å²) >= 11 is 6.08. The summed E-state index contributed by atoms with van der Waals surface area (Å²) in [6.45, 7) is 3.90. The van der Waals surface area contributed by atoms with Crippen LogP contribution in [0.2, 0.25) is 5.02 Å². The van der Waals surface area contributed by atoms with Gasteiger partial charge in [-0.1, -0.05) is 35.4 Å². The molecule has 0 fully saturated rings. The number of rotatable bonds is 4. The number of benzene rings is 2. The Balaban J connectivity index is 2.17. The monoisotopic (exact) mass is 370 g/mol. The number of carbonyl (C=O) groups excluding carboxylic acids is 2. The van der Waals surface area contributed by atoms with Crippen molar-refractivity contribution in [1.82, 2.24) is 4.90 Å². The highest BCUT2D eigenvalue weighted by Gasteiger charge is 2.37. The normalized spacial score (nSPS) is 14.3. The summed E-state index contributed by atoms with van der Waals surface area (Å²) < 4.78 is 5.33. The van der Waals surface area contributed by atoms with Crippen LogP contribution in [-0.4, -0.2) is 30.9 Å². The van der Waals surface area contributed by atoms with E-state index in [2.05, 4.69) is 5.32 Å². The lowest BCUT2D eigenvalue weighted by Gasteiger charge is -2.13. The Morgan fingerprint density at radius 2 is 1.77 bits per heavy atom. The van der Waals surface area contributed by atoms with Crippen LogP contribution in [0.4, 0.5) is 5.69 Å². The molecule has 2 amide bonds. The predicted octanol–water partition coefficient (Wildman–Crippen LogP) is 3.79. The summed E-state index contributed by atoms with van der Waals surface area (Å²) in [6.07, 6.45) is 0. The summed E-state index contributed by atoms with van der Waals surface area (Å²) in [4.78, 5) is 26.5. The van der Waals surface area contributed by atoms with E-state index in [-0.39, 0.29) is 11.6 Å². The van der Waals surface area contributed by atoms with Crippen molar-refractivity contribution in [3.63, 3.8) is 0 Å². The molecule has 5 nitrogen and oxygen atoms in total. The van der Waals surface area contributed by atoms with Gasteiger partial charge in [0.15, 0.2) is 0 Å². The minimum absolute atomic E-state index is 0.213. The van der Waals surface area contributed by atoms with Gasteiger partial charge in [0.1, 0.15) is 11.4 Å². The van der Waals surface area contributed by atoms with Crippen molar-refractivity contribution in [3.8, 4) is 5.75 Å². The molecule has 0 aromatic heterocycles. The molecule has 0 atom stereocenters. The highest BCUT2D eigenvalue weighted by Crippen LogP contribution is 2.35. The number of imide groups is 1. The third kappa shape index (κ3) is 3.06. The number of aryl methyl sites for hydroxylation is 2. The fraction of sp³-hybridized carbons (Fsp3) is 0.200. The molecule has 2 aromatic rings. The van der Waals surface area contributed by atoms with Crippen molar-refractivity contribution >= 4 is 34.7 Å². The number of anilines is 1. The van der Waals surface area contributed by atoms with E-state index < -0.39 is 5.91 Å². The molecule has 26 heavy (non-hydrogen) atoms. The van der Waals surface area contributed by atoms with Gasteiger partial charge in [-0.2, -0.15) is 0 Å². The lowest BCUT2D eigenvalue weighted by molar-refractivity contribution is -0.135. The van der Waals surface area contributed by atoms with E-state index in [1.54, 1.807) is 18.2 Å². The minimum atomic E-state index is -0.396. The standard InChI is InChI=1S/C20H19ClN2O3/c1-11-5-7-14(12(2)9-11)17-18(20(25)23(3)19(17)24)22-15-10-13(21)6-8-16(15)26-4/h5-10,22H,1-4H3. The maximum atomic E-state index is 12.7. The van der Waals surface area contributed by atoms with Gasteiger partial charge in [0.2, 0.25) is 0 Å². The number of carbonyl (C=O) groups is 2. The molecule has 0 aliphatic carbocycles. The van der Waals surface area contributed by atoms with Gasteiger partial charge in [-0.05, 0) is 43.2 Å². The van der Waals surface area contributed by atoms with E-state index in [1.165, 1.54) is 14.2 Å². The zero-order chi connectivity index (χ0) is 19.0. The number of hydrogen-bond donors (Lipinski definition) is 1. The molecule has 1 N–H and O–H groups in total. The molecule has 1 aliphatic rings. The summed E-state index contributed by atoms with van der Waals surface area (Å²) in [5.74, 6) is -0.214. The number of nitrogens with zero attached hydrogens (tertiary/aromatic N) is 1. The highest BCUT2D eigenvalue weighted by molar-refractivity contribution is 6.36. The lowest BCUT2D eigenvalue weighted by atomic mass is 9.97. The Hall–Kier alpha value is -2.79. The number of amides is 2. The van der Waals surface area contributed by atoms with Gasteiger partial charge in [-0.25, -0.2) is 0 Å². The molecule has 1 heterocycles. The predicted molar refractivity (Wildman–Crippen MR) is 102 cm³/mol. The first kappa shape index (κ1) is 18.0. The smallest absolute Gasteiger partial charge is 0.277 e. The fourth-order valence-electron chi connectivity index (χ4n) is 3.01. The van der Waals surface area contributed by atoms with Gasteiger partial charge in [-0.15, -0.1) is 0 Å². The van der Waals surface area contributed by atoms with Crippen molar-refractivity contribution in [2.45, 2.75) is 13.8 Å². The summed E-state index contributed by atoms with van der Waals surface area (Å²) in [7, 11) is 3.00. The van der Waals surface area contributed by atoms with E-state index in [1.807, 2.05) is 32.0 Å². The molecule has 0 bridgehead atoms. The van der Waals surface area contributed by atoms with Crippen LogP contribution in [0.25, 0.3) is 5.57 Å². The van der Waals surface area contributed by atoms with Crippen LogP contribution >= 0.6 is 11.6 Å². The molecule has 134 valence electrons. The number of nitrogens with one attached hydrogen (secondary N) is 1. The SMILES string of the molecule is COc1ccc(Cl)cc1NC1=C(c2ccc(C)cc2C)C(=O)N(C)C1=O. The largest absolute Gasteiger partial charge is 0.495 e. The molecular weight excluding hydrogens is 352 g/mol. The van der Waals surface area contributed by atoms with Crippen molar-refractivity contribution in [2.75, 3.05) is 19.5 Å². The summed E-state index contributed by atoms with van der Waals surface area (Å²) in [6, 6.07) is 10.8. The Kier molecular flexibility index (Phi) is 4.74. The number of halogens is 1.